The highest BCUT2D eigenvalue weighted by Gasteiger charge is 2.67. The Hall–Kier alpha value is -1.93. The molecule has 0 bridgehead atoms. The highest BCUT2D eigenvalue weighted by Crippen LogP contribution is 2.50. The van der Waals surface area contributed by atoms with Gasteiger partial charge in [0.1, 0.15) is 11.4 Å². The zero-order chi connectivity index (χ0) is 19.1. The Labute approximate surface area is 155 Å². The summed E-state index contributed by atoms with van der Waals surface area (Å²) in [7, 11) is 2.71. The van der Waals surface area contributed by atoms with E-state index in [1.54, 1.807) is 23.9 Å². The van der Waals surface area contributed by atoms with Crippen LogP contribution in [0.2, 0.25) is 0 Å². The molecular formula is C18H21FN2O4S. The molecule has 1 N–H and O–H groups in total. The van der Waals surface area contributed by atoms with Crippen molar-refractivity contribution < 1.29 is 23.5 Å². The van der Waals surface area contributed by atoms with Crippen molar-refractivity contribution in [2.75, 3.05) is 26.2 Å². The molecule has 26 heavy (non-hydrogen) atoms. The fourth-order valence-corrected chi connectivity index (χ4v) is 4.59. The third-order valence-electron chi connectivity index (χ3n) is 5.35. The first kappa shape index (κ1) is 18.8. The summed E-state index contributed by atoms with van der Waals surface area (Å²) in [4.78, 5) is 39.4. The van der Waals surface area contributed by atoms with Crippen LogP contribution in [0.1, 0.15) is 18.0 Å². The maximum Gasteiger partial charge on any atom is 0.326 e. The van der Waals surface area contributed by atoms with E-state index in [0.29, 0.717) is 17.7 Å². The van der Waals surface area contributed by atoms with Crippen molar-refractivity contribution in [2.45, 2.75) is 18.0 Å². The van der Waals surface area contributed by atoms with E-state index in [-0.39, 0.29) is 11.8 Å². The van der Waals surface area contributed by atoms with Crippen molar-refractivity contribution in [1.82, 2.24) is 10.2 Å². The van der Waals surface area contributed by atoms with Gasteiger partial charge in [0.15, 0.2) is 0 Å². The third kappa shape index (κ3) is 2.72. The molecule has 0 unspecified atom stereocenters. The van der Waals surface area contributed by atoms with E-state index < -0.39 is 35.2 Å². The number of methoxy groups -OCH3 is 1. The maximum absolute atomic E-state index is 13.3. The minimum absolute atomic E-state index is 0.336. The predicted molar refractivity (Wildman–Crippen MR) is 94.8 cm³/mol. The SMILES string of the molecule is COC(=O)[C@]1(CCSC)N[C@@H](c2ccc(F)cc2)[C@H]2C(=O)N(C)C(=O)[C@H]21. The van der Waals surface area contributed by atoms with Gasteiger partial charge in [0.25, 0.3) is 0 Å². The molecule has 1 aromatic rings. The average molecular weight is 380 g/mol. The standard InChI is InChI=1S/C18H21FN2O4S/c1-21-15(22)12-13(16(21)23)18(8-9-26-3,17(24)25-2)20-14(12)10-4-6-11(19)7-5-10/h4-7,12-14,20H,8-9H2,1-3H3/t12-,13-,14-,18+/m0/s1. The van der Waals surface area contributed by atoms with E-state index in [0.717, 1.165) is 4.90 Å². The topological polar surface area (TPSA) is 75.7 Å². The average Bonchev–Trinajstić information content (AvgIpc) is 3.10. The predicted octanol–water partition coefficient (Wildman–Crippen LogP) is 1.37. The maximum atomic E-state index is 13.3. The number of amides is 2. The lowest BCUT2D eigenvalue weighted by Crippen LogP contribution is -2.56. The Bertz CT molecular complexity index is 741. The van der Waals surface area contributed by atoms with Crippen LogP contribution in [0.15, 0.2) is 24.3 Å². The van der Waals surface area contributed by atoms with E-state index in [9.17, 15) is 18.8 Å². The number of likely N-dealkylation sites (tertiary alicyclic amines) is 1. The first-order chi connectivity index (χ1) is 12.4. The van der Waals surface area contributed by atoms with Crippen molar-refractivity contribution in [1.29, 1.82) is 0 Å². The molecule has 0 radical (unpaired) electrons. The first-order valence-electron chi connectivity index (χ1n) is 8.29. The molecule has 2 aliphatic heterocycles. The van der Waals surface area contributed by atoms with Gasteiger partial charge in [-0.15, -0.1) is 0 Å². The van der Waals surface area contributed by atoms with Crippen LogP contribution in [-0.4, -0.2) is 54.4 Å². The number of halogens is 1. The number of hydrogen-bond donors (Lipinski definition) is 1. The van der Waals surface area contributed by atoms with E-state index >= 15 is 0 Å². The van der Waals surface area contributed by atoms with Gasteiger partial charge in [-0.2, -0.15) is 11.8 Å². The molecule has 2 aliphatic rings. The van der Waals surface area contributed by atoms with E-state index in [2.05, 4.69) is 5.32 Å². The summed E-state index contributed by atoms with van der Waals surface area (Å²) < 4.78 is 18.3. The third-order valence-corrected chi connectivity index (χ3v) is 5.97. The number of carbonyl (C=O) groups is 3. The van der Waals surface area contributed by atoms with Crippen LogP contribution in [-0.2, 0) is 19.1 Å². The Balaban J connectivity index is 2.11. The van der Waals surface area contributed by atoms with Crippen molar-refractivity contribution >= 4 is 29.5 Å². The lowest BCUT2D eigenvalue weighted by molar-refractivity contribution is -0.154. The fourth-order valence-electron chi connectivity index (χ4n) is 4.07. The number of hydrogen-bond acceptors (Lipinski definition) is 6. The first-order valence-corrected chi connectivity index (χ1v) is 9.68. The van der Waals surface area contributed by atoms with Gasteiger partial charge in [-0.25, -0.2) is 4.39 Å². The number of nitrogens with one attached hydrogen (secondary N) is 1. The second kappa shape index (κ2) is 7.00. The van der Waals surface area contributed by atoms with Crippen molar-refractivity contribution in [3.05, 3.63) is 35.6 Å². The number of benzene rings is 1. The van der Waals surface area contributed by atoms with Gasteiger partial charge < -0.3 is 4.74 Å². The van der Waals surface area contributed by atoms with E-state index in [4.69, 9.17) is 4.74 Å². The molecule has 0 aromatic heterocycles. The quantitative estimate of drug-likeness (QED) is 0.614. The number of rotatable bonds is 5. The number of fused-ring (bicyclic) bond motifs is 1. The molecular weight excluding hydrogens is 359 g/mol. The summed E-state index contributed by atoms with van der Waals surface area (Å²) in [5.41, 5.74) is -0.619. The van der Waals surface area contributed by atoms with Gasteiger partial charge in [0.05, 0.1) is 18.9 Å². The second-order valence-corrected chi connectivity index (χ2v) is 7.60. The number of thioether (sulfide) groups is 1. The monoisotopic (exact) mass is 380 g/mol. The highest BCUT2D eigenvalue weighted by molar-refractivity contribution is 7.98. The molecule has 2 fully saturated rings. The molecule has 2 amide bonds. The zero-order valence-electron chi connectivity index (χ0n) is 14.8. The smallest absolute Gasteiger partial charge is 0.326 e. The highest BCUT2D eigenvalue weighted by atomic mass is 32.2. The van der Waals surface area contributed by atoms with Crippen LogP contribution in [0, 0.1) is 17.7 Å². The molecule has 3 rings (SSSR count). The van der Waals surface area contributed by atoms with Gasteiger partial charge in [0, 0.05) is 13.1 Å². The number of imide groups is 1. The van der Waals surface area contributed by atoms with Crippen molar-refractivity contribution in [3.63, 3.8) is 0 Å². The summed E-state index contributed by atoms with van der Waals surface area (Å²) in [5, 5.41) is 3.23. The van der Waals surface area contributed by atoms with Crippen LogP contribution >= 0.6 is 11.8 Å². The number of carbonyl (C=O) groups excluding carboxylic acids is 3. The van der Waals surface area contributed by atoms with Crippen LogP contribution in [0.25, 0.3) is 0 Å². The van der Waals surface area contributed by atoms with Crippen molar-refractivity contribution in [3.8, 4) is 0 Å². The van der Waals surface area contributed by atoms with Crippen LogP contribution in [0.3, 0.4) is 0 Å². The fraction of sp³-hybridized carbons (Fsp3) is 0.500. The molecule has 8 heteroatoms. The van der Waals surface area contributed by atoms with E-state index in [1.807, 2.05) is 6.26 Å². The van der Waals surface area contributed by atoms with E-state index in [1.165, 1.54) is 26.3 Å². The summed E-state index contributed by atoms with van der Waals surface area (Å²) in [6, 6.07) is 5.18. The normalized spacial score (nSPS) is 30.6. The van der Waals surface area contributed by atoms with Gasteiger partial charge in [-0.05, 0) is 36.1 Å². The van der Waals surface area contributed by atoms with Gasteiger partial charge >= 0.3 is 5.97 Å². The minimum Gasteiger partial charge on any atom is -0.468 e. The lowest BCUT2D eigenvalue weighted by atomic mass is 9.78. The molecule has 2 saturated heterocycles. The summed E-state index contributed by atoms with van der Waals surface area (Å²) in [6.45, 7) is 0. The minimum atomic E-state index is -1.28. The van der Waals surface area contributed by atoms with Crippen molar-refractivity contribution in [2.24, 2.45) is 11.8 Å². The second-order valence-electron chi connectivity index (χ2n) is 6.62. The Morgan fingerprint density at radius 3 is 2.54 bits per heavy atom. The molecule has 0 spiro atoms. The largest absolute Gasteiger partial charge is 0.468 e. The Morgan fingerprint density at radius 1 is 1.31 bits per heavy atom. The molecule has 1 aromatic carbocycles. The zero-order valence-corrected chi connectivity index (χ0v) is 15.6. The van der Waals surface area contributed by atoms with Gasteiger partial charge in [0.2, 0.25) is 11.8 Å². The van der Waals surface area contributed by atoms with Gasteiger partial charge in [-0.3, -0.25) is 24.6 Å². The molecule has 140 valence electrons. The lowest BCUT2D eigenvalue weighted by Gasteiger charge is -2.32. The molecule has 6 nitrogen and oxygen atoms in total. The molecule has 4 atom stereocenters. The number of nitrogens with zero attached hydrogens (tertiary/aromatic N) is 1. The van der Waals surface area contributed by atoms with Crippen LogP contribution < -0.4 is 5.32 Å². The molecule has 2 heterocycles. The molecule has 0 saturated carbocycles. The van der Waals surface area contributed by atoms with Gasteiger partial charge in [-0.1, -0.05) is 12.1 Å². The molecule has 0 aliphatic carbocycles. The summed E-state index contributed by atoms with van der Waals surface area (Å²) in [5.74, 6) is -2.61. The van der Waals surface area contributed by atoms with Crippen LogP contribution in [0.4, 0.5) is 4.39 Å². The summed E-state index contributed by atoms with van der Waals surface area (Å²) in [6.07, 6.45) is 2.26. The Morgan fingerprint density at radius 2 is 1.96 bits per heavy atom. The number of ether oxygens (including phenoxy) is 1. The number of esters is 1. The Kier molecular flexibility index (Phi) is 5.07. The summed E-state index contributed by atoms with van der Waals surface area (Å²) >= 11 is 1.54. The van der Waals surface area contributed by atoms with Crippen LogP contribution in [0.5, 0.6) is 0 Å².